The molecule has 0 aromatic carbocycles. The Kier molecular flexibility index (Phi) is 2.02. The molecule has 62 valence electrons. The van der Waals surface area contributed by atoms with Crippen LogP contribution >= 0.6 is 0 Å². The van der Waals surface area contributed by atoms with Crippen LogP contribution in [0.3, 0.4) is 0 Å². The number of anilines is 2. The quantitative estimate of drug-likeness (QED) is 0.601. The number of nitrogens with zero attached hydrogens (tertiary/aromatic N) is 2. The molecule has 1 aromatic heterocycles. The van der Waals surface area contributed by atoms with Gasteiger partial charge < -0.3 is 25.0 Å². The van der Waals surface area contributed by atoms with Crippen LogP contribution in [-0.2, 0) is 0 Å². The average Bonchev–Trinajstić information content (AvgIpc) is 2.33. The molecule has 0 aliphatic heterocycles. The van der Waals surface area contributed by atoms with E-state index in [9.17, 15) is 10.4 Å². The van der Waals surface area contributed by atoms with E-state index < -0.39 is 0 Å². The van der Waals surface area contributed by atoms with Crippen LogP contribution in [0.25, 0.3) is 0 Å². The zero-order chi connectivity index (χ0) is 8.43. The monoisotopic (exact) mass is 156 g/mol. The maximum absolute atomic E-state index is 10.6. The third kappa shape index (κ3) is 1.63. The van der Waals surface area contributed by atoms with Crippen molar-refractivity contribution in [1.82, 2.24) is 0 Å². The summed E-state index contributed by atoms with van der Waals surface area (Å²) >= 11 is 0. The van der Waals surface area contributed by atoms with Crippen molar-refractivity contribution >= 4 is 11.8 Å². The largest absolute Gasteiger partial charge is 0.756 e. The lowest BCUT2D eigenvalue weighted by Gasteiger charge is -2.23. The smallest absolute Gasteiger partial charge is 0.187 e. The van der Waals surface area contributed by atoms with Crippen LogP contribution in [0.15, 0.2) is 16.5 Å². The van der Waals surface area contributed by atoms with E-state index in [2.05, 4.69) is 0 Å². The summed E-state index contributed by atoms with van der Waals surface area (Å²) < 4.78 is 4.83. The molecule has 0 atom stereocenters. The minimum absolute atomic E-state index is 0.128. The van der Waals surface area contributed by atoms with Gasteiger partial charge in [0.2, 0.25) is 0 Å². The third-order valence-electron chi connectivity index (χ3n) is 1.20. The predicted molar refractivity (Wildman–Crippen MR) is 42.2 cm³/mol. The van der Waals surface area contributed by atoms with Crippen LogP contribution in [0.2, 0.25) is 0 Å². The molecule has 0 amide bonds. The molecule has 0 bridgehead atoms. The van der Waals surface area contributed by atoms with Crippen molar-refractivity contribution in [1.29, 1.82) is 0 Å². The molecule has 0 aliphatic carbocycles. The van der Waals surface area contributed by atoms with E-state index in [1.807, 2.05) is 0 Å². The standard InChI is InChI=1S/C6H8N2O3/c1-7(9)5-3-4-6(11-5)8(2)10/h3-4H,1-2H3/q-2. The average molecular weight is 156 g/mol. The molecule has 1 aromatic rings. The van der Waals surface area contributed by atoms with Crippen LogP contribution in [0.1, 0.15) is 0 Å². The lowest BCUT2D eigenvalue weighted by molar-refractivity contribution is 0.571. The molecule has 0 spiro atoms. The van der Waals surface area contributed by atoms with E-state index in [-0.39, 0.29) is 11.8 Å². The van der Waals surface area contributed by atoms with E-state index >= 15 is 0 Å². The fourth-order valence-electron chi connectivity index (χ4n) is 0.656. The van der Waals surface area contributed by atoms with E-state index in [0.717, 1.165) is 0 Å². The molecule has 11 heavy (non-hydrogen) atoms. The molecule has 0 aliphatic rings. The Morgan fingerprint density at radius 1 is 1.09 bits per heavy atom. The number of rotatable bonds is 2. The molecular formula is C6H8N2O3-2. The summed E-state index contributed by atoms with van der Waals surface area (Å²) in [6, 6.07) is 2.88. The molecular weight excluding hydrogens is 148 g/mol. The Hall–Kier alpha value is -1.20. The normalized spacial score (nSPS) is 9.82. The van der Waals surface area contributed by atoms with E-state index in [4.69, 9.17) is 4.42 Å². The van der Waals surface area contributed by atoms with Crippen LogP contribution in [0, 0.1) is 10.4 Å². The van der Waals surface area contributed by atoms with Gasteiger partial charge in [0, 0.05) is 12.1 Å². The Balaban J connectivity index is 2.82. The fraction of sp³-hybridized carbons (Fsp3) is 0.333. The van der Waals surface area contributed by atoms with Gasteiger partial charge in [0.1, 0.15) is 0 Å². The van der Waals surface area contributed by atoms with Crippen molar-refractivity contribution in [2.75, 3.05) is 24.2 Å². The Morgan fingerprint density at radius 3 is 1.64 bits per heavy atom. The molecule has 0 radical (unpaired) electrons. The number of hydrogen-bond donors (Lipinski definition) is 0. The number of furan rings is 1. The number of hydrogen-bond acceptors (Lipinski definition) is 5. The van der Waals surface area contributed by atoms with Gasteiger partial charge in [0.05, 0.1) is 0 Å². The second-order valence-corrected chi connectivity index (χ2v) is 2.11. The van der Waals surface area contributed by atoms with Crippen molar-refractivity contribution in [2.24, 2.45) is 0 Å². The van der Waals surface area contributed by atoms with Gasteiger partial charge in [-0.25, -0.2) is 0 Å². The fourth-order valence-corrected chi connectivity index (χ4v) is 0.656. The summed E-state index contributed by atoms with van der Waals surface area (Å²) in [5.41, 5.74) is 0. The molecule has 1 heterocycles. The van der Waals surface area contributed by atoms with Crippen molar-refractivity contribution in [3.05, 3.63) is 22.5 Å². The van der Waals surface area contributed by atoms with Crippen LogP contribution in [0.4, 0.5) is 11.8 Å². The summed E-state index contributed by atoms with van der Waals surface area (Å²) in [5.74, 6) is 0.255. The van der Waals surface area contributed by atoms with E-state index in [1.165, 1.54) is 26.2 Å². The second kappa shape index (κ2) is 2.81. The third-order valence-corrected chi connectivity index (χ3v) is 1.20. The van der Waals surface area contributed by atoms with Gasteiger partial charge in [-0.3, -0.25) is 0 Å². The summed E-state index contributed by atoms with van der Waals surface area (Å²) in [4.78, 5) is 0. The van der Waals surface area contributed by atoms with Crippen molar-refractivity contribution in [2.45, 2.75) is 0 Å². The van der Waals surface area contributed by atoms with Gasteiger partial charge in [-0.15, -0.1) is 0 Å². The lowest BCUT2D eigenvalue weighted by Crippen LogP contribution is -2.05. The lowest BCUT2D eigenvalue weighted by atomic mass is 10.6. The first-order valence-corrected chi connectivity index (χ1v) is 3.03. The maximum Gasteiger partial charge on any atom is 0.187 e. The predicted octanol–water partition coefficient (Wildman–Crippen LogP) is 1.15. The summed E-state index contributed by atoms with van der Waals surface area (Å²) in [6.45, 7) is 0. The molecule has 0 N–H and O–H groups in total. The molecule has 0 unspecified atom stereocenters. The minimum atomic E-state index is 0.128. The SMILES string of the molecule is CN([O-])c1ccc(N(C)[O-])o1. The Labute approximate surface area is 64.0 Å². The minimum Gasteiger partial charge on any atom is -0.756 e. The highest BCUT2D eigenvalue weighted by Gasteiger charge is 1.98. The van der Waals surface area contributed by atoms with Crippen LogP contribution < -0.4 is 10.1 Å². The van der Waals surface area contributed by atoms with Gasteiger partial charge in [0.15, 0.2) is 11.8 Å². The first kappa shape index (κ1) is 7.90. The summed E-state index contributed by atoms with van der Waals surface area (Å²) in [6.07, 6.45) is 0. The zero-order valence-corrected chi connectivity index (χ0v) is 6.27. The van der Waals surface area contributed by atoms with Crippen LogP contribution in [0.5, 0.6) is 0 Å². The highest BCUT2D eigenvalue weighted by atomic mass is 16.6. The van der Waals surface area contributed by atoms with Crippen molar-refractivity contribution in [3.63, 3.8) is 0 Å². The van der Waals surface area contributed by atoms with Crippen molar-refractivity contribution in [3.8, 4) is 0 Å². The summed E-state index contributed by atoms with van der Waals surface area (Å²) in [5, 5.41) is 22.3. The van der Waals surface area contributed by atoms with Gasteiger partial charge in [-0.2, -0.15) is 0 Å². The molecule has 1 rings (SSSR count). The summed E-state index contributed by atoms with van der Waals surface area (Å²) in [7, 11) is 2.60. The molecule has 0 fully saturated rings. The number of hydroxylamine groups is 2. The zero-order valence-electron chi connectivity index (χ0n) is 6.27. The molecule has 0 saturated heterocycles. The first-order chi connectivity index (χ1) is 5.11. The Bertz CT molecular complexity index is 209. The first-order valence-electron chi connectivity index (χ1n) is 3.03. The molecule has 5 heteroatoms. The molecule has 5 nitrogen and oxygen atoms in total. The van der Waals surface area contributed by atoms with E-state index in [1.54, 1.807) is 0 Å². The second-order valence-electron chi connectivity index (χ2n) is 2.11. The highest BCUT2D eigenvalue weighted by molar-refractivity contribution is 5.46. The van der Waals surface area contributed by atoms with E-state index in [0.29, 0.717) is 10.1 Å². The molecule has 0 saturated carbocycles. The highest BCUT2D eigenvalue weighted by Crippen LogP contribution is 2.22. The van der Waals surface area contributed by atoms with Crippen molar-refractivity contribution < 1.29 is 4.42 Å². The maximum atomic E-state index is 10.6. The Morgan fingerprint density at radius 2 is 1.45 bits per heavy atom. The van der Waals surface area contributed by atoms with Gasteiger partial charge in [-0.05, 0) is 14.1 Å². The van der Waals surface area contributed by atoms with Crippen LogP contribution in [-0.4, -0.2) is 14.1 Å². The van der Waals surface area contributed by atoms with Gasteiger partial charge in [-0.1, -0.05) is 0 Å². The van der Waals surface area contributed by atoms with Gasteiger partial charge in [0.25, 0.3) is 0 Å². The topological polar surface area (TPSA) is 65.7 Å². The van der Waals surface area contributed by atoms with Gasteiger partial charge >= 0.3 is 0 Å².